The average Bonchev–Trinajstić information content (AvgIpc) is 2.75. The van der Waals surface area contributed by atoms with Crippen molar-refractivity contribution in [1.29, 1.82) is 0 Å². The van der Waals surface area contributed by atoms with Gasteiger partial charge in [0.15, 0.2) is 5.13 Å². The molecule has 116 valence electrons. The van der Waals surface area contributed by atoms with Gasteiger partial charge in [-0.3, -0.25) is 10.1 Å². The molecule has 0 radical (unpaired) electrons. The molecule has 0 bridgehead atoms. The van der Waals surface area contributed by atoms with Crippen molar-refractivity contribution in [3.05, 3.63) is 40.4 Å². The van der Waals surface area contributed by atoms with Gasteiger partial charge in [-0.05, 0) is 38.0 Å². The Morgan fingerprint density at radius 1 is 1.27 bits per heavy atom. The predicted molar refractivity (Wildman–Crippen MR) is 86.6 cm³/mol. The number of carboxylic acid groups (broad SMARTS) is 1. The molecular weight excluding hydrogens is 302 g/mol. The Bertz CT molecular complexity index is 678. The number of nitrogens with zero attached hydrogens (tertiary/aromatic N) is 1. The predicted octanol–water partition coefficient (Wildman–Crippen LogP) is 3.42. The molecule has 2 aromatic rings. The van der Waals surface area contributed by atoms with Crippen LogP contribution in [0.4, 0.5) is 15.6 Å². The molecule has 0 saturated heterocycles. The second-order valence-electron chi connectivity index (χ2n) is 4.83. The number of amides is 2. The number of anilines is 2. The third kappa shape index (κ3) is 4.56. The largest absolute Gasteiger partial charge is 0.481 e. The number of aryl methyl sites for hydroxylation is 3. The number of thiazole rings is 1. The Balaban J connectivity index is 1.96. The number of hydrogen-bond donors (Lipinski definition) is 3. The Kier molecular flexibility index (Phi) is 5.11. The molecule has 0 fully saturated rings. The molecule has 0 aliphatic carbocycles. The minimum absolute atomic E-state index is 0.0628. The average molecular weight is 319 g/mol. The molecular formula is C15H17N3O3S. The van der Waals surface area contributed by atoms with Crippen LogP contribution in [-0.4, -0.2) is 22.1 Å². The quantitative estimate of drug-likeness (QED) is 0.787. The standard InChI is InChI=1S/C15H17N3O3S/c1-9-10(2)22-15(16-9)18-14(21)17-12-5-3-4-11(8-12)6-7-13(19)20/h3-5,8H,6-7H2,1-2H3,(H,19,20)(H2,16,17,18,21). The summed E-state index contributed by atoms with van der Waals surface area (Å²) in [5.41, 5.74) is 2.38. The smallest absolute Gasteiger partial charge is 0.325 e. The number of hydrogen-bond acceptors (Lipinski definition) is 4. The highest BCUT2D eigenvalue weighted by molar-refractivity contribution is 7.15. The number of aliphatic carboxylic acids is 1. The lowest BCUT2D eigenvalue weighted by atomic mass is 10.1. The van der Waals surface area contributed by atoms with E-state index in [-0.39, 0.29) is 12.5 Å². The van der Waals surface area contributed by atoms with Gasteiger partial charge in [0.25, 0.3) is 0 Å². The molecule has 7 heteroatoms. The maximum absolute atomic E-state index is 11.9. The zero-order valence-corrected chi connectivity index (χ0v) is 13.2. The second-order valence-corrected chi connectivity index (χ2v) is 6.04. The van der Waals surface area contributed by atoms with E-state index in [0.717, 1.165) is 16.1 Å². The van der Waals surface area contributed by atoms with E-state index in [1.165, 1.54) is 11.3 Å². The number of aromatic nitrogens is 1. The van der Waals surface area contributed by atoms with Crippen molar-refractivity contribution in [2.45, 2.75) is 26.7 Å². The van der Waals surface area contributed by atoms with Crippen LogP contribution in [0, 0.1) is 13.8 Å². The summed E-state index contributed by atoms with van der Waals surface area (Å²) in [6.45, 7) is 3.84. The Labute approximate surface area is 132 Å². The first-order valence-electron chi connectivity index (χ1n) is 6.77. The molecule has 0 atom stereocenters. The van der Waals surface area contributed by atoms with Crippen molar-refractivity contribution in [1.82, 2.24) is 4.98 Å². The number of rotatable bonds is 5. The van der Waals surface area contributed by atoms with Crippen LogP contribution in [0.15, 0.2) is 24.3 Å². The van der Waals surface area contributed by atoms with E-state index in [0.29, 0.717) is 17.2 Å². The number of urea groups is 1. The number of carbonyl (C=O) groups is 2. The molecule has 0 aliphatic rings. The highest BCUT2D eigenvalue weighted by atomic mass is 32.1. The molecule has 22 heavy (non-hydrogen) atoms. The minimum Gasteiger partial charge on any atom is -0.481 e. The number of benzene rings is 1. The van der Waals surface area contributed by atoms with Gasteiger partial charge in [-0.25, -0.2) is 9.78 Å². The summed E-state index contributed by atoms with van der Waals surface area (Å²) in [7, 11) is 0. The Morgan fingerprint density at radius 2 is 2.05 bits per heavy atom. The highest BCUT2D eigenvalue weighted by Gasteiger charge is 2.08. The van der Waals surface area contributed by atoms with Crippen LogP contribution in [0.1, 0.15) is 22.6 Å². The van der Waals surface area contributed by atoms with Crippen molar-refractivity contribution < 1.29 is 14.7 Å². The van der Waals surface area contributed by atoms with E-state index in [2.05, 4.69) is 15.6 Å². The molecule has 1 heterocycles. The third-order valence-electron chi connectivity index (χ3n) is 3.06. The molecule has 0 aliphatic heterocycles. The van der Waals surface area contributed by atoms with Gasteiger partial charge in [-0.2, -0.15) is 0 Å². The van der Waals surface area contributed by atoms with Gasteiger partial charge in [0.05, 0.1) is 5.69 Å². The van der Waals surface area contributed by atoms with Gasteiger partial charge in [0.2, 0.25) is 0 Å². The van der Waals surface area contributed by atoms with Crippen molar-refractivity contribution in [2.24, 2.45) is 0 Å². The summed E-state index contributed by atoms with van der Waals surface area (Å²) in [4.78, 5) is 27.8. The molecule has 1 aromatic carbocycles. The summed E-state index contributed by atoms with van der Waals surface area (Å²) >= 11 is 1.42. The molecule has 2 amide bonds. The van der Waals surface area contributed by atoms with Gasteiger partial charge in [0, 0.05) is 17.0 Å². The van der Waals surface area contributed by atoms with Crippen LogP contribution in [0.25, 0.3) is 0 Å². The number of nitrogens with one attached hydrogen (secondary N) is 2. The van der Waals surface area contributed by atoms with Crippen LogP contribution in [0.2, 0.25) is 0 Å². The van der Waals surface area contributed by atoms with Crippen molar-refractivity contribution in [2.75, 3.05) is 10.6 Å². The summed E-state index contributed by atoms with van der Waals surface area (Å²) in [6.07, 6.45) is 0.491. The number of carbonyl (C=O) groups excluding carboxylic acids is 1. The van der Waals surface area contributed by atoms with Crippen LogP contribution in [-0.2, 0) is 11.2 Å². The van der Waals surface area contributed by atoms with Crippen LogP contribution >= 0.6 is 11.3 Å². The van der Waals surface area contributed by atoms with Gasteiger partial charge < -0.3 is 10.4 Å². The third-order valence-corrected chi connectivity index (χ3v) is 4.05. The van der Waals surface area contributed by atoms with Gasteiger partial charge in [-0.1, -0.05) is 12.1 Å². The second kappa shape index (κ2) is 7.04. The molecule has 6 nitrogen and oxygen atoms in total. The fraction of sp³-hybridized carbons (Fsp3) is 0.267. The van der Waals surface area contributed by atoms with E-state index in [4.69, 9.17) is 5.11 Å². The lowest BCUT2D eigenvalue weighted by Crippen LogP contribution is -2.19. The number of carboxylic acids is 1. The fourth-order valence-corrected chi connectivity index (χ4v) is 2.65. The molecule has 2 rings (SSSR count). The monoisotopic (exact) mass is 319 g/mol. The fourth-order valence-electron chi connectivity index (χ4n) is 1.84. The first-order valence-corrected chi connectivity index (χ1v) is 7.58. The summed E-state index contributed by atoms with van der Waals surface area (Å²) in [5.74, 6) is -0.842. The first-order chi connectivity index (χ1) is 10.4. The summed E-state index contributed by atoms with van der Waals surface area (Å²) in [5, 5.41) is 14.6. The van der Waals surface area contributed by atoms with Crippen molar-refractivity contribution >= 4 is 34.2 Å². The van der Waals surface area contributed by atoms with Gasteiger partial charge in [-0.15, -0.1) is 11.3 Å². The molecule has 0 unspecified atom stereocenters. The van der Waals surface area contributed by atoms with Gasteiger partial charge >= 0.3 is 12.0 Å². The maximum atomic E-state index is 11.9. The van der Waals surface area contributed by atoms with Crippen molar-refractivity contribution in [3.63, 3.8) is 0 Å². The molecule has 1 aromatic heterocycles. The zero-order chi connectivity index (χ0) is 16.1. The summed E-state index contributed by atoms with van der Waals surface area (Å²) < 4.78 is 0. The first kappa shape index (κ1) is 16.0. The Morgan fingerprint density at radius 3 is 2.68 bits per heavy atom. The summed E-state index contributed by atoms with van der Waals surface area (Å²) in [6, 6.07) is 6.76. The molecule has 0 saturated carbocycles. The lowest BCUT2D eigenvalue weighted by molar-refractivity contribution is -0.136. The van der Waals surface area contributed by atoms with E-state index < -0.39 is 5.97 Å². The van der Waals surface area contributed by atoms with E-state index in [9.17, 15) is 9.59 Å². The van der Waals surface area contributed by atoms with E-state index in [1.807, 2.05) is 19.9 Å². The highest BCUT2D eigenvalue weighted by Crippen LogP contribution is 2.21. The van der Waals surface area contributed by atoms with Crippen LogP contribution in [0.3, 0.4) is 0 Å². The zero-order valence-electron chi connectivity index (χ0n) is 12.3. The SMILES string of the molecule is Cc1nc(NC(=O)Nc2cccc(CCC(=O)O)c2)sc1C. The van der Waals surface area contributed by atoms with E-state index >= 15 is 0 Å². The molecule has 0 spiro atoms. The van der Waals surface area contributed by atoms with E-state index in [1.54, 1.807) is 18.2 Å². The normalized spacial score (nSPS) is 10.3. The lowest BCUT2D eigenvalue weighted by Gasteiger charge is -2.07. The Hall–Kier alpha value is -2.41. The maximum Gasteiger partial charge on any atom is 0.325 e. The van der Waals surface area contributed by atoms with Crippen LogP contribution in [0.5, 0.6) is 0 Å². The van der Waals surface area contributed by atoms with Gasteiger partial charge in [0.1, 0.15) is 0 Å². The topological polar surface area (TPSA) is 91.3 Å². The van der Waals surface area contributed by atoms with Crippen molar-refractivity contribution in [3.8, 4) is 0 Å². The van der Waals surface area contributed by atoms with Crippen LogP contribution < -0.4 is 10.6 Å². The minimum atomic E-state index is -0.842. The molecule has 3 N–H and O–H groups in total.